The SMILES string of the molecule is C[C@@H](NS(=O)(=O)CCCCl)c1ccc(Br)cc1. The molecule has 0 aliphatic heterocycles. The molecule has 0 aromatic heterocycles. The van der Waals surface area contributed by atoms with Crippen molar-refractivity contribution in [3.05, 3.63) is 34.3 Å². The summed E-state index contributed by atoms with van der Waals surface area (Å²) in [4.78, 5) is 0. The molecule has 0 spiro atoms. The molecule has 0 saturated carbocycles. The van der Waals surface area contributed by atoms with Gasteiger partial charge in [0.25, 0.3) is 0 Å². The van der Waals surface area contributed by atoms with Crippen molar-refractivity contribution >= 4 is 37.6 Å². The Hall–Kier alpha value is -0.100. The zero-order chi connectivity index (χ0) is 12.9. The fourth-order valence-corrected chi connectivity index (χ4v) is 3.27. The van der Waals surface area contributed by atoms with Crippen LogP contribution in [-0.4, -0.2) is 20.1 Å². The summed E-state index contributed by atoms with van der Waals surface area (Å²) >= 11 is 8.82. The maximum absolute atomic E-state index is 11.7. The lowest BCUT2D eigenvalue weighted by molar-refractivity contribution is 0.566. The van der Waals surface area contributed by atoms with Crippen molar-refractivity contribution in [1.82, 2.24) is 4.72 Å². The summed E-state index contributed by atoms with van der Waals surface area (Å²) < 4.78 is 26.9. The molecule has 1 atom stereocenters. The molecule has 0 amide bonds. The number of sulfonamides is 1. The fourth-order valence-electron chi connectivity index (χ4n) is 1.39. The standard InChI is InChI=1S/C11H15BrClNO2S/c1-9(10-3-5-11(12)6-4-10)14-17(15,16)8-2-7-13/h3-6,9,14H,2,7-8H2,1H3/t9-/m1/s1. The van der Waals surface area contributed by atoms with Crippen LogP contribution in [0.1, 0.15) is 24.9 Å². The molecule has 6 heteroatoms. The summed E-state index contributed by atoms with van der Waals surface area (Å²) in [5.41, 5.74) is 0.933. The van der Waals surface area contributed by atoms with E-state index in [2.05, 4.69) is 20.7 Å². The van der Waals surface area contributed by atoms with E-state index < -0.39 is 10.0 Å². The van der Waals surface area contributed by atoms with Gasteiger partial charge in [0.2, 0.25) is 10.0 Å². The number of alkyl halides is 1. The van der Waals surface area contributed by atoms with E-state index in [1.54, 1.807) is 0 Å². The average Bonchev–Trinajstić information content (AvgIpc) is 2.26. The van der Waals surface area contributed by atoms with Crippen molar-refractivity contribution < 1.29 is 8.42 Å². The Morgan fingerprint density at radius 2 is 1.94 bits per heavy atom. The van der Waals surface area contributed by atoms with Crippen molar-refractivity contribution in [1.29, 1.82) is 0 Å². The maximum Gasteiger partial charge on any atom is 0.212 e. The lowest BCUT2D eigenvalue weighted by Gasteiger charge is -2.14. The minimum Gasteiger partial charge on any atom is -0.212 e. The van der Waals surface area contributed by atoms with Crippen LogP contribution in [0.2, 0.25) is 0 Å². The Labute approximate surface area is 116 Å². The second-order valence-electron chi connectivity index (χ2n) is 3.75. The summed E-state index contributed by atoms with van der Waals surface area (Å²) in [5.74, 6) is 0.422. The van der Waals surface area contributed by atoms with Gasteiger partial charge in [-0.2, -0.15) is 0 Å². The molecule has 0 aliphatic carbocycles. The number of nitrogens with one attached hydrogen (secondary N) is 1. The summed E-state index contributed by atoms with van der Waals surface area (Å²) in [7, 11) is -3.25. The van der Waals surface area contributed by atoms with E-state index in [9.17, 15) is 8.42 Å². The molecule has 1 aromatic rings. The molecule has 0 fully saturated rings. The van der Waals surface area contributed by atoms with Crippen LogP contribution in [0.15, 0.2) is 28.7 Å². The van der Waals surface area contributed by atoms with E-state index in [0.29, 0.717) is 12.3 Å². The van der Waals surface area contributed by atoms with Gasteiger partial charge < -0.3 is 0 Å². The normalized spacial score (nSPS) is 13.6. The predicted octanol–water partition coefficient (Wildman–Crippen LogP) is 3.06. The number of halogens is 2. The summed E-state index contributed by atoms with van der Waals surface area (Å²) in [6.07, 6.45) is 0.462. The van der Waals surface area contributed by atoms with Crippen LogP contribution in [0.3, 0.4) is 0 Å². The second-order valence-corrected chi connectivity index (χ2v) is 6.92. The van der Waals surface area contributed by atoms with Gasteiger partial charge in [-0.1, -0.05) is 28.1 Å². The molecule has 0 aliphatic rings. The minimum absolute atomic E-state index is 0.0668. The number of hydrogen-bond acceptors (Lipinski definition) is 2. The van der Waals surface area contributed by atoms with Gasteiger partial charge in [0.15, 0.2) is 0 Å². The fraction of sp³-hybridized carbons (Fsp3) is 0.455. The van der Waals surface area contributed by atoms with E-state index in [1.165, 1.54) is 0 Å². The number of benzene rings is 1. The van der Waals surface area contributed by atoms with Gasteiger partial charge in [0.1, 0.15) is 0 Å². The van der Waals surface area contributed by atoms with E-state index >= 15 is 0 Å². The van der Waals surface area contributed by atoms with Crippen LogP contribution in [0.4, 0.5) is 0 Å². The average molecular weight is 341 g/mol. The highest BCUT2D eigenvalue weighted by molar-refractivity contribution is 9.10. The van der Waals surface area contributed by atoms with Crippen LogP contribution in [0, 0.1) is 0 Å². The predicted molar refractivity (Wildman–Crippen MR) is 74.8 cm³/mol. The highest BCUT2D eigenvalue weighted by atomic mass is 79.9. The van der Waals surface area contributed by atoms with E-state index in [-0.39, 0.29) is 11.8 Å². The van der Waals surface area contributed by atoms with Crippen LogP contribution in [0.25, 0.3) is 0 Å². The Morgan fingerprint density at radius 3 is 2.47 bits per heavy atom. The topological polar surface area (TPSA) is 46.2 Å². The molecule has 0 unspecified atom stereocenters. The number of rotatable bonds is 6. The molecule has 0 bridgehead atoms. The summed E-state index contributed by atoms with van der Waals surface area (Å²) in [6.45, 7) is 1.82. The maximum atomic E-state index is 11.7. The zero-order valence-electron chi connectivity index (χ0n) is 9.49. The first-order valence-corrected chi connectivity index (χ1v) is 8.24. The van der Waals surface area contributed by atoms with E-state index in [1.807, 2.05) is 31.2 Å². The summed E-state index contributed by atoms with van der Waals surface area (Å²) in [5, 5.41) is 0. The zero-order valence-corrected chi connectivity index (χ0v) is 12.6. The Morgan fingerprint density at radius 1 is 1.35 bits per heavy atom. The van der Waals surface area contributed by atoms with Crippen molar-refractivity contribution in [2.75, 3.05) is 11.6 Å². The van der Waals surface area contributed by atoms with Crippen LogP contribution in [-0.2, 0) is 10.0 Å². The molecule has 0 saturated heterocycles. The van der Waals surface area contributed by atoms with Crippen LogP contribution >= 0.6 is 27.5 Å². The molecule has 0 radical (unpaired) electrons. The Kier molecular flexibility index (Phi) is 5.92. The molecular weight excluding hydrogens is 326 g/mol. The summed E-state index contributed by atoms with van der Waals surface area (Å²) in [6, 6.07) is 7.32. The Balaban J connectivity index is 2.65. The molecular formula is C11H15BrClNO2S. The number of hydrogen-bond donors (Lipinski definition) is 1. The lowest BCUT2D eigenvalue weighted by atomic mass is 10.1. The molecule has 1 N–H and O–H groups in total. The third-order valence-corrected chi connectivity index (χ3v) is 4.61. The molecule has 0 heterocycles. The van der Waals surface area contributed by atoms with Crippen LogP contribution in [0.5, 0.6) is 0 Å². The molecule has 96 valence electrons. The quantitative estimate of drug-likeness (QED) is 0.809. The van der Waals surface area contributed by atoms with E-state index in [4.69, 9.17) is 11.6 Å². The van der Waals surface area contributed by atoms with E-state index in [0.717, 1.165) is 10.0 Å². The van der Waals surface area contributed by atoms with Gasteiger partial charge in [-0.05, 0) is 31.0 Å². The first-order chi connectivity index (χ1) is 7.94. The molecule has 3 nitrogen and oxygen atoms in total. The second kappa shape index (κ2) is 6.73. The monoisotopic (exact) mass is 339 g/mol. The highest BCUT2D eigenvalue weighted by Gasteiger charge is 2.15. The lowest BCUT2D eigenvalue weighted by Crippen LogP contribution is -2.29. The molecule has 1 rings (SSSR count). The third kappa shape index (κ3) is 5.38. The minimum atomic E-state index is -3.25. The smallest absolute Gasteiger partial charge is 0.212 e. The van der Waals surface area contributed by atoms with Gasteiger partial charge in [-0.25, -0.2) is 13.1 Å². The third-order valence-electron chi connectivity index (χ3n) is 2.27. The van der Waals surface area contributed by atoms with Gasteiger partial charge >= 0.3 is 0 Å². The molecule has 17 heavy (non-hydrogen) atoms. The van der Waals surface area contributed by atoms with Gasteiger partial charge in [-0.3, -0.25) is 0 Å². The largest absolute Gasteiger partial charge is 0.212 e. The van der Waals surface area contributed by atoms with Crippen LogP contribution < -0.4 is 4.72 Å². The first-order valence-electron chi connectivity index (χ1n) is 5.26. The Bertz CT molecular complexity index is 447. The van der Waals surface area contributed by atoms with Gasteiger partial charge in [0, 0.05) is 16.4 Å². The van der Waals surface area contributed by atoms with Gasteiger partial charge in [-0.15, -0.1) is 11.6 Å². The van der Waals surface area contributed by atoms with Crippen molar-refractivity contribution in [2.45, 2.75) is 19.4 Å². The first kappa shape index (κ1) is 15.0. The van der Waals surface area contributed by atoms with Crippen molar-refractivity contribution in [2.24, 2.45) is 0 Å². The highest BCUT2D eigenvalue weighted by Crippen LogP contribution is 2.17. The van der Waals surface area contributed by atoms with Crippen molar-refractivity contribution in [3.63, 3.8) is 0 Å². The molecule has 1 aromatic carbocycles. The van der Waals surface area contributed by atoms with Gasteiger partial charge in [0.05, 0.1) is 5.75 Å². The van der Waals surface area contributed by atoms with Crippen molar-refractivity contribution in [3.8, 4) is 0 Å².